The van der Waals surface area contributed by atoms with Crippen molar-refractivity contribution < 1.29 is 28.2 Å². The van der Waals surface area contributed by atoms with Gasteiger partial charge in [0.05, 0.1) is 25.5 Å². The van der Waals surface area contributed by atoms with Crippen molar-refractivity contribution in [3.05, 3.63) is 94.2 Å². The summed E-state index contributed by atoms with van der Waals surface area (Å²) in [4.78, 5) is 25.1. The van der Waals surface area contributed by atoms with Gasteiger partial charge in [0.15, 0.2) is 18.1 Å². The zero-order valence-electron chi connectivity index (χ0n) is 21.2. The third-order valence-corrected chi connectivity index (χ3v) is 6.22. The third kappa shape index (κ3) is 7.11. The Morgan fingerprint density at radius 1 is 0.949 bits per heavy atom. The summed E-state index contributed by atoms with van der Waals surface area (Å²) in [5.74, 6) is -0.0858. The molecule has 0 aliphatic rings. The minimum atomic E-state index is -0.429. The molecule has 0 atom stereocenters. The van der Waals surface area contributed by atoms with Crippen LogP contribution in [0.1, 0.15) is 22.8 Å². The first kappa shape index (κ1) is 27.6. The Morgan fingerprint density at radius 3 is 2.33 bits per heavy atom. The Kier molecular flexibility index (Phi) is 9.11. The zero-order chi connectivity index (χ0) is 27.8. The van der Waals surface area contributed by atoms with Crippen LogP contribution in [0, 0.1) is 5.82 Å². The van der Waals surface area contributed by atoms with Gasteiger partial charge >= 0.3 is 0 Å². The van der Waals surface area contributed by atoms with E-state index in [1.807, 2.05) is 31.2 Å². The van der Waals surface area contributed by atoms with Gasteiger partial charge in [-0.2, -0.15) is 5.10 Å². The Balaban J connectivity index is 1.44. The lowest BCUT2D eigenvalue weighted by Gasteiger charge is -2.14. The molecule has 200 valence electrons. The molecule has 0 fully saturated rings. The minimum absolute atomic E-state index is 0.291. The van der Waals surface area contributed by atoms with Gasteiger partial charge in [-0.1, -0.05) is 24.3 Å². The van der Waals surface area contributed by atoms with Gasteiger partial charge in [0, 0.05) is 15.7 Å². The highest BCUT2D eigenvalue weighted by molar-refractivity contribution is 9.10. The first-order chi connectivity index (χ1) is 18.9. The van der Waals surface area contributed by atoms with E-state index >= 15 is 0 Å². The summed E-state index contributed by atoms with van der Waals surface area (Å²) in [5, 5.41) is 8.59. The summed E-state index contributed by atoms with van der Waals surface area (Å²) in [6, 6.07) is 20.0. The van der Waals surface area contributed by atoms with Gasteiger partial charge in [0.2, 0.25) is 0 Å². The number of benzene rings is 4. The molecule has 4 aromatic carbocycles. The summed E-state index contributed by atoms with van der Waals surface area (Å²) >= 11 is 3.47. The lowest BCUT2D eigenvalue weighted by atomic mass is 10.1. The number of anilines is 1. The number of hydrogen-bond donors (Lipinski definition) is 2. The molecule has 2 amide bonds. The minimum Gasteiger partial charge on any atom is -0.496 e. The topological polar surface area (TPSA) is 98.2 Å². The van der Waals surface area contributed by atoms with Crippen LogP contribution in [-0.2, 0) is 4.79 Å². The fraction of sp³-hybridized carbons (Fsp3) is 0.138. The van der Waals surface area contributed by atoms with E-state index in [2.05, 4.69) is 31.8 Å². The van der Waals surface area contributed by atoms with Crippen molar-refractivity contribution in [2.75, 3.05) is 25.6 Å². The van der Waals surface area contributed by atoms with Crippen molar-refractivity contribution in [1.82, 2.24) is 5.43 Å². The fourth-order valence-corrected chi connectivity index (χ4v) is 4.12. The van der Waals surface area contributed by atoms with Gasteiger partial charge in [0.1, 0.15) is 11.6 Å². The predicted molar refractivity (Wildman–Crippen MR) is 151 cm³/mol. The maximum atomic E-state index is 13.1. The van der Waals surface area contributed by atoms with E-state index in [0.717, 1.165) is 10.8 Å². The second-order valence-electron chi connectivity index (χ2n) is 8.20. The van der Waals surface area contributed by atoms with Crippen molar-refractivity contribution in [3.8, 4) is 17.2 Å². The Hall–Kier alpha value is -4.44. The molecular formula is C29H25BrFN3O5. The standard InChI is InChI=1S/C29H25BrFN3O5/c1-3-38-26-14-20(24(30)15-27(26)39-17-28(35)33-22-10-8-21(31)9-11-22)16-32-34-29(36)23-12-18-6-4-5-7-19(18)13-25(23)37-2/h4-16H,3,17H2,1-2H3,(H,33,35)(H,34,36)/b32-16-. The smallest absolute Gasteiger partial charge is 0.275 e. The van der Waals surface area contributed by atoms with Crippen molar-refractivity contribution in [1.29, 1.82) is 0 Å². The van der Waals surface area contributed by atoms with Gasteiger partial charge in [-0.3, -0.25) is 9.59 Å². The van der Waals surface area contributed by atoms with Crippen LogP contribution in [0.4, 0.5) is 10.1 Å². The number of hydrogen-bond acceptors (Lipinski definition) is 6. The molecule has 8 nitrogen and oxygen atoms in total. The molecule has 0 unspecified atom stereocenters. The molecule has 39 heavy (non-hydrogen) atoms. The molecule has 4 aromatic rings. The van der Waals surface area contributed by atoms with Gasteiger partial charge in [-0.05, 0) is 82.2 Å². The number of rotatable bonds is 10. The number of nitrogens with zero attached hydrogens (tertiary/aromatic N) is 1. The van der Waals surface area contributed by atoms with Gasteiger partial charge < -0.3 is 19.5 Å². The molecule has 0 saturated heterocycles. The highest BCUT2D eigenvalue weighted by Gasteiger charge is 2.15. The van der Waals surface area contributed by atoms with E-state index in [1.165, 1.54) is 37.6 Å². The summed E-state index contributed by atoms with van der Waals surface area (Å²) < 4.78 is 30.4. The molecule has 0 spiro atoms. The predicted octanol–water partition coefficient (Wildman–Crippen LogP) is 5.93. The average molecular weight is 594 g/mol. The number of amides is 2. The summed E-state index contributed by atoms with van der Waals surface area (Å²) in [6.45, 7) is 1.88. The maximum Gasteiger partial charge on any atom is 0.275 e. The molecule has 0 aromatic heterocycles. The summed E-state index contributed by atoms with van der Waals surface area (Å²) in [6.07, 6.45) is 1.46. The molecular weight excluding hydrogens is 569 g/mol. The second kappa shape index (κ2) is 12.9. The van der Waals surface area contributed by atoms with Crippen molar-refractivity contribution in [2.24, 2.45) is 5.10 Å². The van der Waals surface area contributed by atoms with Crippen LogP contribution >= 0.6 is 15.9 Å². The van der Waals surface area contributed by atoms with Gasteiger partial charge in [-0.25, -0.2) is 9.82 Å². The molecule has 0 aliphatic carbocycles. The van der Waals surface area contributed by atoms with Crippen LogP contribution in [0.15, 0.2) is 82.4 Å². The number of halogens is 2. The zero-order valence-corrected chi connectivity index (χ0v) is 22.8. The monoisotopic (exact) mass is 593 g/mol. The van der Waals surface area contributed by atoms with Crippen LogP contribution in [0.2, 0.25) is 0 Å². The molecule has 0 heterocycles. The second-order valence-corrected chi connectivity index (χ2v) is 9.05. The van der Waals surface area contributed by atoms with Crippen molar-refractivity contribution in [3.63, 3.8) is 0 Å². The highest BCUT2D eigenvalue weighted by Crippen LogP contribution is 2.33. The van der Waals surface area contributed by atoms with E-state index in [0.29, 0.717) is 45.1 Å². The fourth-order valence-electron chi connectivity index (χ4n) is 3.69. The third-order valence-electron chi connectivity index (χ3n) is 5.53. The van der Waals surface area contributed by atoms with E-state index < -0.39 is 17.6 Å². The highest BCUT2D eigenvalue weighted by atomic mass is 79.9. The SMILES string of the molecule is CCOc1cc(/C=N\NC(=O)c2cc3ccccc3cc2OC)c(Br)cc1OCC(=O)Nc1ccc(F)cc1. The van der Waals surface area contributed by atoms with E-state index in [-0.39, 0.29) is 6.61 Å². The van der Waals surface area contributed by atoms with Crippen LogP contribution < -0.4 is 25.0 Å². The molecule has 0 bridgehead atoms. The number of fused-ring (bicyclic) bond motifs is 1. The quantitative estimate of drug-likeness (QED) is 0.175. The van der Waals surface area contributed by atoms with Gasteiger partial charge in [0.25, 0.3) is 11.8 Å². The van der Waals surface area contributed by atoms with Crippen molar-refractivity contribution >= 4 is 50.4 Å². The lowest BCUT2D eigenvalue weighted by Crippen LogP contribution is -2.20. The first-order valence-electron chi connectivity index (χ1n) is 11.9. The molecule has 4 rings (SSSR count). The maximum absolute atomic E-state index is 13.1. The van der Waals surface area contributed by atoms with Crippen molar-refractivity contribution in [2.45, 2.75) is 6.92 Å². The van der Waals surface area contributed by atoms with E-state index in [9.17, 15) is 14.0 Å². The Labute approximate surface area is 232 Å². The number of methoxy groups -OCH3 is 1. The largest absolute Gasteiger partial charge is 0.496 e. The van der Waals surface area contributed by atoms with E-state index in [1.54, 1.807) is 24.3 Å². The molecule has 0 aliphatic heterocycles. The average Bonchev–Trinajstić information content (AvgIpc) is 2.94. The molecule has 0 radical (unpaired) electrons. The first-order valence-corrected chi connectivity index (χ1v) is 12.7. The van der Waals surface area contributed by atoms with Crippen LogP contribution in [0.25, 0.3) is 10.8 Å². The van der Waals surface area contributed by atoms with Crippen LogP contribution in [0.5, 0.6) is 17.2 Å². The normalized spacial score (nSPS) is 10.9. The summed E-state index contributed by atoms with van der Waals surface area (Å²) in [7, 11) is 1.51. The number of carbonyl (C=O) groups excluding carboxylic acids is 2. The molecule has 10 heteroatoms. The van der Waals surface area contributed by atoms with Gasteiger partial charge in [-0.15, -0.1) is 0 Å². The number of ether oxygens (including phenoxy) is 3. The summed E-state index contributed by atoms with van der Waals surface area (Å²) in [5.41, 5.74) is 3.93. The molecule has 2 N–H and O–H groups in total. The lowest BCUT2D eigenvalue weighted by molar-refractivity contribution is -0.118. The van der Waals surface area contributed by atoms with Crippen LogP contribution in [-0.4, -0.2) is 38.4 Å². The van der Waals surface area contributed by atoms with Crippen LogP contribution in [0.3, 0.4) is 0 Å². The number of hydrazone groups is 1. The Morgan fingerprint density at radius 2 is 1.64 bits per heavy atom. The number of carbonyl (C=O) groups is 2. The number of nitrogens with one attached hydrogen (secondary N) is 2. The van der Waals surface area contributed by atoms with E-state index in [4.69, 9.17) is 14.2 Å². The Bertz CT molecular complexity index is 1530. The molecule has 0 saturated carbocycles.